The van der Waals surface area contributed by atoms with Gasteiger partial charge in [-0.25, -0.2) is 0 Å². The van der Waals surface area contributed by atoms with Crippen LogP contribution < -0.4 is 5.32 Å². The molecule has 1 unspecified atom stereocenters. The summed E-state index contributed by atoms with van der Waals surface area (Å²) in [7, 11) is 0. The molecule has 1 aliphatic rings. The predicted molar refractivity (Wildman–Crippen MR) is 58.9 cm³/mol. The maximum Gasteiger partial charge on any atom is 0.0198 e. The van der Waals surface area contributed by atoms with Crippen molar-refractivity contribution in [1.29, 1.82) is 0 Å². The summed E-state index contributed by atoms with van der Waals surface area (Å²) in [4.78, 5) is 0. The molecule has 1 aliphatic heterocycles. The minimum Gasteiger partial charge on any atom is -0.311 e. The Kier molecular flexibility index (Phi) is 3.06. The molecular formula is C12H25N. The Balaban J connectivity index is 2.39. The number of hydrogen-bond acceptors (Lipinski definition) is 1. The molecule has 0 spiro atoms. The molecule has 0 aromatic carbocycles. The van der Waals surface area contributed by atoms with Crippen molar-refractivity contribution in [3.8, 4) is 0 Å². The molecule has 0 bridgehead atoms. The van der Waals surface area contributed by atoms with Crippen LogP contribution in [0.25, 0.3) is 0 Å². The Labute approximate surface area is 83.3 Å². The molecule has 0 aromatic heterocycles. The molecule has 1 heterocycles. The van der Waals surface area contributed by atoms with Crippen LogP contribution in [0.4, 0.5) is 0 Å². The summed E-state index contributed by atoms with van der Waals surface area (Å²) >= 11 is 0. The summed E-state index contributed by atoms with van der Waals surface area (Å²) in [5.74, 6) is 0. The van der Waals surface area contributed by atoms with E-state index in [2.05, 4.69) is 39.9 Å². The minimum atomic E-state index is 0.508. The highest BCUT2D eigenvalue weighted by Crippen LogP contribution is 2.39. The van der Waals surface area contributed by atoms with E-state index in [9.17, 15) is 0 Å². The van der Waals surface area contributed by atoms with Gasteiger partial charge in [0.1, 0.15) is 0 Å². The molecule has 0 radical (unpaired) electrons. The molecule has 0 amide bonds. The van der Waals surface area contributed by atoms with Gasteiger partial charge in [0.25, 0.3) is 0 Å². The highest BCUT2D eigenvalue weighted by atomic mass is 15.1. The summed E-state index contributed by atoms with van der Waals surface area (Å²) in [6.07, 6.45) is 3.97. The molecule has 1 saturated heterocycles. The van der Waals surface area contributed by atoms with Crippen LogP contribution in [0.1, 0.15) is 53.9 Å². The van der Waals surface area contributed by atoms with Gasteiger partial charge in [0.2, 0.25) is 0 Å². The molecule has 1 N–H and O–H groups in total. The Hall–Kier alpha value is -0.0400. The first-order valence-electron chi connectivity index (χ1n) is 5.58. The van der Waals surface area contributed by atoms with Gasteiger partial charge in [-0.1, -0.05) is 41.0 Å². The van der Waals surface area contributed by atoms with Crippen molar-refractivity contribution in [1.82, 2.24) is 5.32 Å². The number of nitrogens with one attached hydrogen (secondary N) is 1. The summed E-state index contributed by atoms with van der Waals surface area (Å²) in [5, 5.41) is 3.39. The molecule has 78 valence electrons. The van der Waals surface area contributed by atoms with Crippen LogP contribution in [-0.4, -0.2) is 12.6 Å². The smallest absolute Gasteiger partial charge is 0.0198 e. The maximum absolute atomic E-state index is 3.39. The molecule has 0 saturated carbocycles. The fraction of sp³-hybridized carbons (Fsp3) is 1.00. The second kappa shape index (κ2) is 3.61. The standard InChI is InChI=1S/C12H25N/c1-6-11(2,3)9-12(4,5)7-10-8-13-10/h10,13H,6-9H2,1-5H3. The zero-order valence-electron chi connectivity index (χ0n) is 9.91. The van der Waals surface area contributed by atoms with E-state index < -0.39 is 0 Å². The monoisotopic (exact) mass is 183 g/mol. The molecule has 1 heteroatoms. The van der Waals surface area contributed by atoms with Gasteiger partial charge in [0.15, 0.2) is 0 Å². The van der Waals surface area contributed by atoms with Gasteiger partial charge in [0, 0.05) is 12.6 Å². The summed E-state index contributed by atoms with van der Waals surface area (Å²) in [6.45, 7) is 13.1. The van der Waals surface area contributed by atoms with Crippen molar-refractivity contribution in [3.05, 3.63) is 0 Å². The lowest BCUT2D eigenvalue weighted by Gasteiger charge is -2.34. The number of rotatable bonds is 5. The molecule has 1 atom stereocenters. The highest BCUT2D eigenvalue weighted by Gasteiger charge is 2.33. The van der Waals surface area contributed by atoms with E-state index >= 15 is 0 Å². The van der Waals surface area contributed by atoms with Crippen LogP contribution in [-0.2, 0) is 0 Å². The largest absolute Gasteiger partial charge is 0.311 e. The lowest BCUT2D eigenvalue weighted by atomic mass is 9.71. The van der Waals surface area contributed by atoms with E-state index in [0.29, 0.717) is 10.8 Å². The fourth-order valence-corrected chi connectivity index (χ4v) is 2.39. The van der Waals surface area contributed by atoms with E-state index in [-0.39, 0.29) is 0 Å². The van der Waals surface area contributed by atoms with E-state index in [1.807, 2.05) is 0 Å². The quantitative estimate of drug-likeness (QED) is 0.650. The minimum absolute atomic E-state index is 0.508. The second-order valence-corrected chi connectivity index (χ2v) is 6.17. The fourth-order valence-electron chi connectivity index (χ4n) is 2.39. The Morgan fingerprint density at radius 1 is 1.15 bits per heavy atom. The van der Waals surface area contributed by atoms with Gasteiger partial charge in [-0.15, -0.1) is 0 Å². The van der Waals surface area contributed by atoms with Crippen LogP contribution in [0.2, 0.25) is 0 Å². The van der Waals surface area contributed by atoms with Crippen LogP contribution in [0.5, 0.6) is 0 Å². The highest BCUT2D eigenvalue weighted by molar-refractivity contribution is 4.90. The summed E-state index contributed by atoms with van der Waals surface area (Å²) in [5.41, 5.74) is 1.02. The Morgan fingerprint density at radius 2 is 1.69 bits per heavy atom. The normalized spacial score (nSPS) is 23.3. The average Bonchev–Trinajstić information content (AvgIpc) is 2.68. The molecular weight excluding hydrogens is 158 g/mol. The SMILES string of the molecule is CCC(C)(C)CC(C)(C)CC1CN1. The Bertz CT molecular complexity index is 166. The third-order valence-electron chi connectivity index (χ3n) is 3.21. The first kappa shape index (κ1) is 11.0. The molecule has 13 heavy (non-hydrogen) atoms. The van der Waals surface area contributed by atoms with Crippen LogP contribution >= 0.6 is 0 Å². The first-order valence-corrected chi connectivity index (χ1v) is 5.58. The lowest BCUT2D eigenvalue weighted by molar-refractivity contribution is 0.177. The topological polar surface area (TPSA) is 21.9 Å². The van der Waals surface area contributed by atoms with Crippen molar-refractivity contribution < 1.29 is 0 Å². The first-order chi connectivity index (χ1) is 5.85. The predicted octanol–water partition coefficient (Wildman–Crippen LogP) is 3.20. The van der Waals surface area contributed by atoms with E-state index in [4.69, 9.17) is 0 Å². The maximum atomic E-state index is 3.39. The molecule has 1 nitrogen and oxygen atoms in total. The second-order valence-electron chi connectivity index (χ2n) is 6.17. The van der Waals surface area contributed by atoms with E-state index in [1.54, 1.807) is 0 Å². The summed E-state index contributed by atoms with van der Waals surface area (Å²) < 4.78 is 0. The van der Waals surface area contributed by atoms with Crippen molar-refractivity contribution in [2.24, 2.45) is 10.8 Å². The van der Waals surface area contributed by atoms with Gasteiger partial charge in [0.05, 0.1) is 0 Å². The van der Waals surface area contributed by atoms with Crippen LogP contribution in [0, 0.1) is 10.8 Å². The van der Waals surface area contributed by atoms with Gasteiger partial charge < -0.3 is 5.32 Å². The number of hydrogen-bond donors (Lipinski definition) is 1. The lowest BCUT2D eigenvalue weighted by Crippen LogP contribution is -2.24. The van der Waals surface area contributed by atoms with E-state index in [1.165, 1.54) is 25.8 Å². The van der Waals surface area contributed by atoms with Crippen molar-refractivity contribution in [2.75, 3.05) is 6.54 Å². The van der Waals surface area contributed by atoms with Gasteiger partial charge in [-0.3, -0.25) is 0 Å². The van der Waals surface area contributed by atoms with Gasteiger partial charge in [-0.05, 0) is 23.7 Å². The zero-order valence-corrected chi connectivity index (χ0v) is 9.91. The molecule has 0 aliphatic carbocycles. The van der Waals surface area contributed by atoms with Crippen LogP contribution in [0.3, 0.4) is 0 Å². The van der Waals surface area contributed by atoms with Gasteiger partial charge >= 0.3 is 0 Å². The molecule has 1 rings (SSSR count). The molecule has 0 aromatic rings. The zero-order chi connectivity index (χ0) is 10.1. The summed E-state index contributed by atoms with van der Waals surface area (Å²) in [6, 6.07) is 0.822. The average molecular weight is 183 g/mol. The van der Waals surface area contributed by atoms with Gasteiger partial charge in [-0.2, -0.15) is 0 Å². The molecule has 1 fully saturated rings. The third kappa shape index (κ3) is 4.12. The van der Waals surface area contributed by atoms with Crippen molar-refractivity contribution in [3.63, 3.8) is 0 Å². The van der Waals surface area contributed by atoms with E-state index in [0.717, 1.165) is 6.04 Å². The Morgan fingerprint density at radius 3 is 2.08 bits per heavy atom. The van der Waals surface area contributed by atoms with Crippen molar-refractivity contribution in [2.45, 2.75) is 59.9 Å². The van der Waals surface area contributed by atoms with Crippen molar-refractivity contribution >= 4 is 0 Å². The van der Waals surface area contributed by atoms with Crippen LogP contribution in [0.15, 0.2) is 0 Å². The third-order valence-corrected chi connectivity index (χ3v) is 3.21.